The fourth-order valence-electron chi connectivity index (χ4n) is 4.85. The molecule has 1 aliphatic rings. The predicted octanol–water partition coefficient (Wildman–Crippen LogP) is 6.67. The first-order valence-corrected chi connectivity index (χ1v) is 14.3. The number of unbranched alkanes of at least 4 members (excludes halogenated alkanes) is 1. The van der Waals surface area contributed by atoms with Crippen LogP contribution in [0.1, 0.15) is 66.1 Å². The minimum Gasteiger partial charge on any atom is -0.489 e. The van der Waals surface area contributed by atoms with Gasteiger partial charge in [0.25, 0.3) is 0 Å². The van der Waals surface area contributed by atoms with Gasteiger partial charge in [-0.2, -0.15) is 0 Å². The van der Waals surface area contributed by atoms with E-state index in [-0.39, 0.29) is 36.2 Å². The number of aromatic carboxylic acids is 1. The Morgan fingerprint density at radius 2 is 1.54 bits per heavy atom. The monoisotopic (exact) mass is 560 g/mol. The number of allylic oxidation sites excluding steroid dienone is 1. The van der Waals surface area contributed by atoms with Gasteiger partial charge >= 0.3 is 5.97 Å². The molecule has 3 aromatic rings. The highest BCUT2D eigenvalue weighted by Gasteiger charge is 2.26. The maximum atomic E-state index is 12.4. The quantitative estimate of drug-likeness (QED) is 0.201. The van der Waals surface area contributed by atoms with Crippen molar-refractivity contribution >= 4 is 12.0 Å². The molecular formula is C34H40O7. The van der Waals surface area contributed by atoms with Crippen LogP contribution < -0.4 is 9.47 Å². The lowest BCUT2D eigenvalue weighted by molar-refractivity contribution is -0.146. The van der Waals surface area contributed by atoms with E-state index in [2.05, 4.69) is 0 Å². The Kier molecular flexibility index (Phi) is 11.8. The molecule has 7 heteroatoms. The van der Waals surface area contributed by atoms with Crippen molar-refractivity contribution < 1.29 is 34.0 Å². The van der Waals surface area contributed by atoms with E-state index < -0.39 is 5.97 Å². The second-order valence-electron chi connectivity index (χ2n) is 10.3. The Morgan fingerprint density at radius 3 is 2.15 bits per heavy atom. The lowest BCUT2D eigenvalue weighted by Gasteiger charge is -2.32. The molecule has 0 bridgehead atoms. The lowest BCUT2D eigenvalue weighted by atomic mass is 10.00. The van der Waals surface area contributed by atoms with Gasteiger partial charge in [0.05, 0.1) is 31.5 Å². The standard InChI is InChI=1S/C34H40O7/c1-25(35)17-18-31-30(38-19-20-39-31)16-10-4-9-15-28-21-29(40-23-26-11-5-2-6-12-26)22-32(33(28)34(36)37)41-24-27-13-7-3-8-14-27/h2-3,5-9,11-15,21-22,25,30-31,35H,4,10,16-20,23-24H2,1H3,(H,36,37)/b15-9+/t25-,30?,31?/m0/s1. The summed E-state index contributed by atoms with van der Waals surface area (Å²) in [7, 11) is 0. The van der Waals surface area contributed by atoms with E-state index in [4.69, 9.17) is 18.9 Å². The molecule has 3 atom stereocenters. The molecule has 0 aromatic heterocycles. The van der Waals surface area contributed by atoms with Crippen LogP contribution in [0.5, 0.6) is 11.5 Å². The van der Waals surface area contributed by atoms with Crippen molar-refractivity contribution in [3.63, 3.8) is 0 Å². The van der Waals surface area contributed by atoms with Crippen LogP contribution in [0.15, 0.2) is 78.9 Å². The molecule has 1 saturated heterocycles. The average Bonchev–Trinajstić information content (AvgIpc) is 2.99. The van der Waals surface area contributed by atoms with Crippen LogP contribution in [0.3, 0.4) is 0 Å². The molecular weight excluding hydrogens is 520 g/mol. The molecule has 1 heterocycles. The van der Waals surface area contributed by atoms with Gasteiger partial charge in [0, 0.05) is 6.07 Å². The van der Waals surface area contributed by atoms with Gasteiger partial charge in [0.15, 0.2) is 0 Å². The summed E-state index contributed by atoms with van der Waals surface area (Å²) >= 11 is 0. The van der Waals surface area contributed by atoms with Crippen molar-refractivity contribution in [1.82, 2.24) is 0 Å². The number of rotatable bonds is 15. The van der Waals surface area contributed by atoms with Gasteiger partial charge in [-0.15, -0.1) is 0 Å². The topological polar surface area (TPSA) is 94.5 Å². The van der Waals surface area contributed by atoms with Gasteiger partial charge in [0.1, 0.15) is 30.3 Å². The van der Waals surface area contributed by atoms with E-state index in [1.165, 1.54) is 0 Å². The second-order valence-corrected chi connectivity index (χ2v) is 10.3. The molecule has 2 N–H and O–H groups in total. The van der Waals surface area contributed by atoms with E-state index in [9.17, 15) is 15.0 Å². The highest BCUT2D eigenvalue weighted by molar-refractivity contribution is 5.95. The molecule has 1 aliphatic heterocycles. The molecule has 0 saturated carbocycles. The van der Waals surface area contributed by atoms with E-state index in [0.717, 1.165) is 36.8 Å². The molecule has 7 nitrogen and oxygen atoms in total. The number of carboxylic acids is 1. The summed E-state index contributed by atoms with van der Waals surface area (Å²) in [5.41, 5.74) is 2.58. The van der Waals surface area contributed by atoms with Gasteiger partial charge in [-0.25, -0.2) is 4.79 Å². The molecule has 218 valence electrons. The number of hydrogen-bond acceptors (Lipinski definition) is 6. The zero-order valence-electron chi connectivity index (χ0n) is 23.6. The second kappa shape index (κ2) is 16.0. The summed E-state index contributed by atoms with van der Waals surface area (Å²) in [6.07, 6.45) is 7.32. The molecule has 0 amide bonds. The fraction of sp³-hybridized carbons (Fsp3) is 0.382. The van der Waals surface area contributed by atoms with Gasteiger partial charge in [-0.1, -0.05) is 72.8 Å². The van der Waals surface area contributed by atoms with E-state index in [1.54, 1.807) is 19.1 Å². The molecule has 2 unspecified atom stereocenters. The largest absolute Gasteiger partial charge is 0.489 e. The lowest BCUT2D eigenvalue weighted by Crippen LogP contribution is -2.38. The number of aliphatic hydroxyl groups excluding tert-OH is 1. The first-order chi connectivity index (χ1) is 20.0. The maximum absolute atomic E-state index is 12.4. The molecule has 41 heavy (non-hydrogen) atoms. The zero-order valence-corrected chi connectivity index (χ0v) is 23.6. The normalized spacial score (nSPS) is 17.8. The zero-order chi connectivity index (χ0) is 28.9. The van der Waals surface area contributed by atoms with Crippen molar-refractivity contribution in [2.24, 2.45) is 0 Å². The van der Waals surface area contributed by atoms with Crippen molar-refractivity contribution in [2.75, 3.05) is 13.2 Å². The summed E-state index contributed by atoms with van der Waals surface area (Å²) in [5.74, 6) is -0.258. The number of aliphatic hydroxyl groups is 1. The first-order valence-electron chi connectivity index (χ1n) is 14.3. The van der Waals surface area contributed by atoms with Crippen LogP contribution in [0, 0.1) is 0 Å². The van der Waals surface area contributed by atoms with Gasteiger partial charge < -0.3 is 29.2 Å². The SMILES string of the molecule is C[C@H](O)CCC1OCCOC1CCC/C=C/c1cc(OCc2ccccc2)cc(OCc2ccccc2)c1C(=O)O. The number of carbonyl (C=O) groups is 1. The highest BCUT2D eigenvalue weighted by Crippen LogP contribution is 2.32. The average molecular weight is 561 g/mol. The smallest absolute Gasteiger partial charge is 0.340 e. The van der Waals surface area contributed by atoms with Crippen LogP contribution in [0.2, 0.25) is 0 Å². The third-order valence-corrected chi connectivity index (χ3v) is 6.99. The number of ether oxygens (including phenoxy) is 4. The summed E-state index contributed by atoms with van der Waals surface area (Å²) in [6.45, 7) is 3.54. The third-order valence-electron chi connectivity index (χ3n) is 6.99. The van der Waals surface area contributed by atoms with Crippen LogP contribution in [-0.4, -0.2) is 47.7 Å². The summed E-state index contributed by atoms with van der Waals surface area (Å²) < 4.78 is 24.0. The van der Waals surface area contributed by atoms with Crippen LogP contribution in [0.25, 0.3) is 6.08 Å². The molecule has 0 aliphatic carbocycles. The Labute approximate surface area is 242 Å². The van der Waals surface area contributed by atoms with E-state index >= 15 is 0 Å². The summed E-state index contributed by atoms with van der Waals surface area (Å²) in [4.78, 5) is 12.4. The molecule has 3 aromatic carbocycles. The Morgan fingerprint density at radius 1 is 0.927 bits per heavy atom. The van der Waals surface area contributed by atoms with E-state index in [1.807, 2.05) is 72.8 Å². The van der Waals surface area contributed by atoms with Crippen LogP contribution in [0.4, 0.5) is 0 Å². The maximum Gasteiger partial charge on any atom is 0.340 e. The minimum atomic E-state index is -1.06. The third kappa shape index (κ3) is 9.74. The predicted molar refractivity (Wildman–Crippen MR) is 158 cm³/mol. The van der Waals surface area contributed by atoms with E-state index in [0.29, 0.717) is 37.6 Å². The van der Waals surface area contributed by atoms with Gasteiger partial charge in [-0.05, 0) is 61.8 Å². The van der Waals surface area contributed by atoms with Crippen molar-refractivity contribution in [3.8, 4) is 11.5 Å². The molecule has 0 radical (unpaired) electrons. The number of carboxylic acid groups (broad SMARTS) is 1. The van der Waals surface area contributed by atoms with Gasteiger partial charge in [-0.3, -0.25) is 0 Å². The number of benzene rings is 3. The Bertz CT molecular complexity index is 1240. The Balaban J connectivity index is 1.46. The summed E-state index contributed by atoms with van der Waals surface area (Å²) in [6, 6.07) is 22.9. The fourth-order valence-corrected chi connectivity index (χ4v) is 4.85. The first kappa shape index (κ1) is 30.3. The summed E-state index contributed by atoms with van der Waals surface area (Å²) in [5, 5.41) is 19.8. The molecule has 0 spiro atoms. The minimum absolute atomic E-state index is 0.00168. The van der Waals surface area contributed by atoms with Crippen LogP contribution >= 0.6 is 0 Å². The van der Waals surface area contributed by atoms with Crippen molar-refractivity contribution in [3.05, 3.63) is 101 Å². The van der Waals surface area contributed by atoms with Crippen LogP contribution in [-0.2, 0) is 22.7 Å². The van der Waals surface area contributed by atoms with Crippen molar-refractivity contribution in [1.29, 1.82) is 0 Å². The van der Waals surface area contributed by atoms with Gasteiger partial charge in [0.2, 0.25) is 0 Å². The highest BCUT2D eigenvalue weighted by atomic mass is 16.6. The molecule has 1 fully saturated rings. The number of hydrogen-bond donors (Lipinski definition) is 2. The Hall–Kier alpha value is -3.65. The van der Waals surface area contributed by atoms with Crippen molar-refractivity contribution in [2.45, 2.75) is 70.6 Å². The molecule has 4 rings (SSSR count).